The molecule has 0 radical (unpaired) electrons. The number of nitrogens with zero attached hydrogens (tertiary/aromatic N) is 3. The van der Waals surface area contributed by atoms with Gasteiger partial charge in [0.1, 0.15) is 0 Å². The maximum absolute atomic E-state index is 12.0. The molecule has 7 nitrogen and oxygen atoms in total. The molecule has 0 bridgehead atoms. The van der Waals surface area contributed by atoms with Gasteiger partial charge in [-0.3, -0.25) is 10.4 Å². The lowest BCUT2D eigenvalue weighted by molar-refractivity contribution is 0.262. The van der Waals surface area contributed by atoms with Gasteiger partial charge in [0.25, 0.3) is 0 Å². The quantitative estimate of drug-likeness (QED) is 0.481. The number of hydrogen-bond acceptors (Lipinski definition) is 6. The van der Waals surface area contributed by atoms with Crippen molar-refractivity contribution in [2.75, 3.05) is 10.6 Å². The van der Waals surface area contributed by atoms with Crippen LogP contribution >= 0.6 is 22.7 Å². The van der Waals surface area contributed by atoms with Crippen molar-refractivity contribution in [2.24, 2.45) is 0 Å². The summed E-state index contributed by atoms with van der Waals surface area (Å²) < 4.78 is 0. The van der Waals surface area contributed by atoms with Crippen LogP contribution in [-0.2, 0) is 0 Å². The normalized spacial score (nSPS) is 11.3. The van der Waals surface area contributed by atoms with Crippen LogP contribution in [-0.4, -0.2) is 26.2 Å². The number of carbonyl (C=O) groups excluding carboxylic acids is 1. The van der Waals surface area contributed by atoms with E-state index in [9.17, 15) is 4.79 Å². The van der Waals surface area contributed by atoms with E-state index >= 15 is 0 Å². The van der Waals surface area contributed by atoms with Crippen molar-refractivity contribution in [2.45, 2.75) is 6.92 Å². The zero-order chi connectivity index (χ0) is 17.9. The third-order valence-electron chi connectivity index (χ3n) is 3.55. The Kier molecular flexibility index (Phi) is 4.46. The molecule has 0 saturated heterocycles. The van der Waals surface area contributed by atoms with E-state index in [1.165, 1.54) is 11.3 Å². The second-order valence-corrected chi connectivity index (χ2v) is 7.37. The Morgan fingerprint density at radius 3 is 2.92 bits per heavy atom. The van der Waals surface area contributed by atoms with Gasteiger partial charge < -0.3 is 5.32 Å². The molecule has 4 rings (SSSR count). The van der Waals surface area contributed by atoms with Crippen LogP contribution in [0.2, 0.25) is 0 Å². The summed E-state index contributed by atoms with van der Waals surface area (Å²) in [5, 5.41) is 19.1. The zero-order valence-electron chi connectivity index (χ0n) is 13.7. The van der Waals surface area contributed by atoms with Gasteiger partial charge in [0.2, 0.25) is 0 Å². The predicted octanol–water partition coefficient (Wildman–Crippen LogP) is 4.60. The number of aromatic amines is 1. The maximum atomic E-state index is 12.0. The standard InChI is InChI=1S/C17H14N6OS2/c1-10-19-12(9-26-10)3-5-14-13-4-2-11(8-15(13)23-22-14)20-16(24)21-17-18-6-7-25-17/h2-9H,1H3,(H,22,23)(H2,18,20,21,24)/b5-3+. The van der Waals surface area contributed by atoms with Gasteiger partial charge >= 0.3 is 6.03 Å². The number of nitrogens with one attached hydrogen (secondary N) is 3. The molecule has 0 aliphatic carbocycles. The number of thiazole rings is 2. The first-order chi connectivity index (χ1) is 12.7. The number of carbonyl (C=O) groups is 1. The molecule has 4 aromatic rings. The Hall–Kier alpha value is -3.04. The Labute approximate surface area is 156 Å². The van der Waals surface area contributed by atoms with E-state index in [-0.39, 0.29) is 6.03 Å². The van der Waals surface area contributed by atoms with Crippen molar-refractivity contribution >= 4 is 62.6 Å². The van der Waals surface area contributed by atoms with E-state index in [0.29, 0.717) is 10.8 Å². The van der Waals surface area contributed by atoms with Crippen LogP contribution < -0.4 is 10.6 Å². The molecule has 0 fully saturated rings. The van der Waals surface area contributed by atoms with Gasteiger partial charge in [-0.2, -0.15) is 5.10 Å². The molecule has 3 aromatic heterocycles. The Balaban J connectivity index is 1.49. The topological polar surface area (TPSA) is 95.6 Å². The summed E-state index contributed by atoms with van der Waals surface area (Å²) in [6.07, 6.45) is 5.50. The fraction of sp³-hybridized carbons (Fsp3) is 0.0588. The lowest BCUT2D eigenvalue weighted by Gasteiger charge is -2.05. The summed E-state index contributed by atoms with van der Waals surface area (Å²) in [6.45, 7) is 1.98. The van der Waals surface area contributed by atoms with Crippen LogP contribution in [0.4, 0.5) is 15.6 Å². The van der Waals surface area contributed by atoms with Crippen LogP contribution in [0.5, 0.6) is 0 Å². The Bertz CT molecular complexity index is 1080. The number of hydrogen-bond donors (Lipinski definition) is 3. The second-order valence-electron chi connectivity index (χ2n) is 5.41. The lowest BCUT2D eigenvalue weighted by atomic mass is 10.2. The van der Waals surface area contributed by atoms with Crippen LogP contribution in [0.15, 0.2) is 35.2 Å². The van der Waals surface area contributed by atoms with Crippen molar-refractivity contribution in [3.63, 3.8) is 0 Å². The molecule has 2 amide bonds. The van der Waals surface area contributed by atoms with Crippen molar-refractivity contribution < 1.29 is 4.79 Å². The molecule has 9 heteroatoms. The lowest BCUT2D eigenvalue weighted by Crippen LogP contribution is -2.19. The molecule has 0 unspecified atom stereocenters. The summed E-state index contributed by atoms with van der Waals surface area (Å²) in [6, 6.07) is 5.26. The van der Waals surface area contributed by atoms with Crippen molar-refractivity contribution in [3.8, 4) is 0 Å². The van der Waals surface area contributed by atoms with Crippen LogP contribution in [0, 0.1) is 6.92 Å². The molecule has 26 heavy (non-hydrogen) atoms. The fourth-order valence-corrected chi connectivity index (χ4v) is 3.52. The SMILES string of the molecule is Cc1nc(/C=C/c2n[nH]c3cc(NC(=O)Nc4nccs4)ccc23)cs1. The average molecular weight is 382 g/mol. The number of aromatic nitrogens is 4. The summed E-state index contributed by atoms with van der Waals surface area (Å²) in [4.78, 5) is 20.4. The highest BCUT2D eigenvalue weighted by Crippen LogP contribution is 2.22. The number of rotatable bonds is 4. The second kappa shape index (κ2) is 7.06. The molecule has 0 saturated carbocycles. The summed E-state index contributed by atoms with van der Waals surface area (Å²) in [7, 11) is 0. The van der Waals surface area contributed by atoms with Crippen molar-refractivity contribution in [1.29, 1.82) is 0 Å². The molecule has 0 aliphatic heterocycles. The third kappa shape index (κ3) is 3.63. The molecular weight excluding hydrogens is 368 g/mol. The number of urea groups is 1. The van der Waals surface area contributed by atoms with E-state index in [1.54, 1.807) is 22.9 Å². The smallest absolute Gasteiger partial charge is 0.308 e. The monoisotopic (exact) mass is 382 g/mol. The first-order valence-electron chi connectivity index (χ1n) is 7.73. The first kappa shape index (κ1) is 16.4. The van der Waals surface area contributed by atoms with Crippen molar-refractivity contribution in [3.05, 3.63) is 51.6 Å². The number of benzene rings is 1. The van der Waals surface area contributed by atoms with Gasteiger partial charge in [0, 0.05) is 28.0 Å². The minimum atomic E-state index is -0.335. The van der Waals surface area contributed by atoms with Gasteiger partial charge in [0.05, 0.1) is 21.9 Å². The summed E-state index contributed by atoms with van der Waals surface area (Å²) in [5.74, 6) is 0. The largest absolute Gasteiger partial charge is 0.325 e. The van der Waals surface area contributed by atoms with Crippen LogP contribution in [0.3, 0.4) is 0 Å². The van der Waals surface area contributed by atoms with Gasteiger partial charge in [-0.1, -0.05) is 0 Å². The predicted molar refractivity (Wildman–Crippen MR) is 107 cm³/mol. The third-order valence-corrected chi connectivity index (χ3v) is 5.03. The van der Waals surface area contributed by atoms with Gasteiger partial charge in [-0.05, 0) is 37.3 Å². The van der Waals surface area contributed by atoms with E-state index in [0.717, 1.165) is 27.3 Å². The van der Waals surface area contributed by atoms with E-state index in [4.69, 9.17) is 0 Å². The number of aryl methyl sites for hydroxylation is 1. The Morgan fingerprint density at radius 2 is 2.15 bits per heavy atom. The van der Waals surface area contributed by atoms with E-state index in [2.05, 4.69) is 30.8 Å². The van der Waals surface area contributed by atoms with E-state index < -0.39 is 0 Å². The highest BCUT2D eigenvalue weighted by molar-refractivity contribution is 7.13. The molecule has 1 aromatic carbocycles. The summed E-state index contributed by atoms with van der Waals surface area (Å²) in [5.41, 5.74) is 3.25. The highest BCUT2D eigenvalue weighted by Gasteiger charge is 2.07. The first-order valence-corrected chi connectivity index (χ1v) is 9.49. The number of anilines is 2. The molecule has 3 heterocycles. The highest BCUT2D eigenvalue weighted by atomic mass is 32.1. The number of amides is 2. The van der Waals surface area contributed by atoms with Gasteiger partial charge in [-0.25, -0.2) is 14.8 Å². The number of fused-ring (bicyclic) bond motifs is 1. The fourth-order valence-electron chi connectivity index (χ4n) is 2.41. The molecule has 0 atom stereocenters. The number of H-pyrrole nitrogens is 1. The molecular formula is C17H14N6OS2. The molecule has 130 valence electrons. The molecule has 3 N–H and O–H groups in total. The minimum absolute atomic E-state index is 0.335. The van der Waals surface area contributed by atoms with Crippen molar-refractivity contribution in [1.82, 2.24) is 20.2 Å². The average Bonchev–Trinajstić information content (AvgIpc) is 3.34. The van der Waals surface area contributed by atoms with Crippen LogP contribution in [0.25, 0.3) is 23.1 Å². The zero-order valence-corrected chi connectivity index (χ0v) is 15.3. The molecule has 0 spiro atoms. The van der Waals surface area contributed by atoms with E-state index in [1.807, 2.05) is 42.7 Å². The molecule has 0 aliphatic rings. The minimum Gasteiger partial charge on any atom is -0.308 e. The summed E-state index contributed by atoms with van der Waals surface area (Å²) >= 11 is 2.98. The van der Waals surface area contributed by atoms with Gasteiger partial charge in [-0.15, -0.1) is 22.7 Å². The maximum Gasteiger partial charge on any atom is 0.325 e. The Morgan fingerprint density at radius 1 is 1.23 bits per heavy atom. The van der Waals surface area contributed by atoms with Crippen LogP contribution in [0.1, 0.15) is 16.4 Å². The van der Waals surface area contributed by atoms with Gasteiger partial charge in [0.15, 0.2) is 5.13 Å².